The first-order chi connectivity index (χ1) is 17.4. The average molecular weight is 504 g/mol. The lowest BCUT2D eigenvalue weighted by molar-refractivity contribution is 0.172. The summed E-state index contributed by atoms with van der Waals surface area (Å²) in [7, 11) is 0. The summed E-state index contributed by atoms with van der Waals surface area (Å²) in [5.41, 5.74) is 5.00. The Hall–Kier alpha value is -3.91. The Labute approximate surface area is 213 Å². The number of halogens is 1. The Kier molecular flexibility index (Phi) is 6.61. The Morgan fingerprint density at radius 1 is 1.00 bits per heavy atom. The molecule has 5 rings (SSSR count). The van der Waals surface area contributed by atoms with E-state index >= 15 is 0 Å². The van der Waals surface area contributed by atoms with E-state index in [2.05, 4.69) is 16.4 Å². The standard InChI is InChI=1S/C28H26FN3O3S/c1-17-3-8-23(18(2)11-17)31-28(36)32(15-19-4-6-22(29)7-5-19)16-21-12-20-13-25-26(35-10-9-34-25)14-24(20)30-27(21)33/h3-8,11-14H,9-10,15-16H2,1-2H3,(H,30,33)(H,31,36). The number of pyridine rings is 1. The summed E-state index contributed by atoms with van der Waals surface area (Å²) in [6.45, 7) is 5.67. The van der Waals surface area contributed by atoms with Crippen molar-refractivity contribution in [2.24, 2.45) is 0 Å². The van der Waals surface area contributed by atoms with E-state index in [1.165, 1.54) is 12.1 Å². The maximum absolute atomic E-state index is 13.5. The normalized spacial score (nSPS) is 12.4. The van der Waals surface area contributed by atoms with Gasteiger partial charge in [0.15, 0.2) is 16.6 Å². The van der Waals surface area contributed by atoms with Crippen LogP contribution in [0.1, 0.15) is 22.3 Å². The molecule has 2 heterocycles. The highest BCUT2D eigenvalue weighted by Gasteiger charge is 2.18. The lowest BCUT2D eigenvalue weighted by atomic mass is 10.1. The highest BCUT2D eigenvalue weighted by Crippen LogP contribution is 2.33. The monoisotopic (exact) mass is 503 g/mol. The molecule has 8 heteroatoms. The van der Waals surface area contributed by atoms with Crippen molar-refractivity contribution in [2.75, 3.05) is 18.5 Å². The van der Waals surface area contributed by atoms with Gasteiger partial charge in [-0.15, -0.1) is 0 Å². The van der Waals surface area contributed by atoms with Gasteiger partial charge in [-0.3, -0.25) is 4.79 Å². The van der Waals surface area contributed by atoms with Gasteiger partial charge >= 0.3 is 0 Å². The molecule has 0 atom stereocenters. The van der Waals surface area contributed by atoms with Crippen molar-refractivity contribution in [1.82, 2.24) is 9.88 Å². The third-order valence-corrected chi connectivity index (χ3v) is 6.50. The minimum Gasteiger partial charge on any atom is -0.486 e. The number of aryl methyl sites for hydroxylation is 2. The number of rotatable bonds is 5. The molecule has 2 N–H and O–H groups in total. The van der Waals surface area contributed by atoms with Gasteiger partial charge in [-0.25, -0.2) is 4.39 Å². The summed E-state index contributed by atoms with van der Waals surface area (Å²) in [6.07, 6.45) is 0. The van der Waals surface area contributed by atoms with Gasteiger partial charge in [-0.2, -0.15) is 0 Å². The number of hydrogen-bond acceptors (Lipinski definition) is 4. The summed E-state index contributed by atoms with van der Waals surface area (Å²) < 4.78 is 24.8. The molecular weight excluding hydrogens is 477 g/mol. The Morgan fingerprint density at radius 3 is 2.44 bits per heavy atom. The number of hydrogen-bond donors (Lipinski definition) is 2. The van der Waals surface area contributed by atoms with Crippen LogP contribution in [-0.2, 0) is 13.1 Å². The van der Waals surface area contributed by atoms with Crippen molar-refractivity contribution >= 4 is 33.9 Å². The summed E-state index contributed by atoms with van der Waals surface area (Å²) in [6, 6.07) is 17.9. The molecule has 1 aliphatic rings. The van der Waals surface area contributed by atoms with Crippen molar-refractivity contribution in [1.29, 1.82) is 0 Å². The zero-order valence-corrected chi connectivity index (χ0v) is 20.9. The molecule has 0 radical (unpaired) electrons. The minimum absolute atomic E-state index is 0.211. The number of anilines is 1. The number of aromatic nitrogens is 1. The van der Waals surface area contributed by atoms with Gasteiger partial charge in [0.05, 0.1) is 12.1 Å². The van der Waals surface area contributed by atoms with Crippen LogP contribution < -0.4 is 20.3 Å². The summed E-state index contributed by atoms with van der Waals surface area (Å²) in [5, 5.41) is 4.62. The first-order valence-electron chi connectivity index (χ1n) is 11.7. The van der Waals surface area contributed by atoms with Crippen molar-refractivity contribution < 1.29 is 13.9 Å². The van der Waals surface area contributed by atoms with Gasteiger partial charge in [0, 0.05) is 29.2 Å². The number of fused-ring (bicyclic) bond motifs is 2. The number of benzene rings is 3. The van der Waals surface area contributed by atoms with E-state index in [0.29, 0.717) is 47.5 Å². The van der Waals surface area contributed by atoms with Crippen LogP contribution in [0, 0.1) is 19.7 Å². The van der Waals surface area contributed by atoms with Crippen LogP contribution >= 0.6 is 12.2 Å². The molecule has 3 aromatic carbocycles. The van der Waals surface area contributed by atoms with Crippen molar-refractivity contribution in [3.8, 4) is 11.5 Å². The molecule has 1 aromatic heterocycles. The summed E-state index contributed by atoms with van der Waals surface area (Å²) in [4.78, 5) is 17.9. The fourth-order valence-corrected chi connectivity index (χ4v) is 4.51. The lowest BCUT2D eigenvalue weighted by Gasteiger charge is -2.27. The predicted octanol–water partition coefficient (Wildman–Crippen LogP) is 5.45. The second kappa shape index (κ2) is 9.99. The van der Waals surface area contributed by atoms with E-state index in [4.69, 9.17) is 21.7 Å². The number of ether oxygens (including phenoxy) is 2. The second-order valence-corrected chi connectivity index (χ2v) is 9.32. The van der Waals surface area contributed by atoms with Crippen molar-refractivity contribution in [2.45, 2.75) is 26.9 Å². The molecule has 0 spiro atoms. The quantitative estimate of drug-likeness (QED) is 0.353. The van der Waals surface area contributed by atoms with E-state index in [-0.39, 0.29) is 17.9 Å². The van der Waals surface area contributed by atoms with Crippen LogP contribution in [0.5, 0.6) is 11.5 Å². The third-order valence-electron chi connectivity index (χ3n) is 6.14. The fourth-order valence-electron chi connectivity index (χ4n) is 4.27. The van der Waals surface area contributed by atoms with Crippen LogP contribution in [0.2, 0.25) is 0 Å². The highest BCUT2D eigenvalue weighted by atomic mass is 32.1. The van der Waals surface area contributed by atoms with Gasteiger partial charge in [0.2, 0.25) is 0 Å². The van der Waals surface area contributed by atoms with Crippen LogP contribution in [0.4, 0.5) is 10.1 Å². The number of nitrogens with zero attached hydrogens (tertiary/aromatic N) is 1. The first kappa shape index (κ1) is 23.8. The van der Waals surface area contributed by atoms with E-state index in [0.717, 1.165) is 27.8 Å². The molecule has 0 amide bonds. The molecule has 0 bridgehead atoms. The van der Waals surface area contributed by atoms with Gasteiger partial charge in [0.25, 0.3) is 5.56 Å². The van der Waals surface area contributed by atoms with E-state index in [1.807, 2.05) is 43.0 Å². The van der Waals surface area contributed by atoms with Gasteiger partial charge < -0.3 is 24.7 Å². The second-order valence-electron chi connectivity index (χ2n) is 8.94. The van der Waals surface area contributed by atoms with Crippen LogP contribution in [0.15, 0.2) is 65.5 Å². The minimum atomic E-state index is -0.304. The number of thiocarbonyl (C=S) groups is 1. The number of aromatic amines is 1. The topological polar surface area (TPSA) is 66.6 Å². The van der Waals surface area contributed by atoms with Gasteiger partial charge in [-0.05, 0) is 67.5 Å². The molecule has 0 saturated heterocycles. The molecule has 0 aliphatic carbocycles. The zero-order valence-electron chi connectivity index (χ0n) is 20.1. The average Bonchev–Trinajstić information content (AvgIpc) is 2.86. The van der Waals surface area contributed by atoms with Gasteiger partial charge in [-0.1, -0.05) is 29.8 Å². The predicted molar refractivity (Wildman–Crippen MR) is 143 cm³/mol. The largest absolute Gasteiger partial charge is 0.486 e. The first-order valence-corrected chi connectivity index (χ1v) is 12.1. The maximum Gasteiger partial charge on any atom is 0.253 e. The van der Waals surface area contributed by atoms with Crippen molar-refractivity contribution in [3.05, 3.63) is 99.1 Å². The Balaban J connectivity index is 1.47. The highest BCUT2D eigenvalue weighted by molar-refractivity contribution is 7.80. The van der Waals surface area contributed by atoms with Crippen molar-refractivity contribution in [3.63, 3.8) is 0 Å². The molecule has 4 aromatic rings. The molecule has 0 saturated carbocycles. The van der Waals surface area contributed by atoms with Crippen LogP contribution in [0.25, 0.3) is 10.9 Å². The smallest absolute Gasteiger partial charge is 0.253 e. The van der Waals surface area contributed by atoms with E-state index < -0.39 is 0 Å². The molecule has 0 unspecified atom stereocenters. The number of nitrogens with one attached hydrogen (secondary N) is 2. The number of H-pyrrole nitrogens is 1. The molecular formula is C28H26FN3O3S. The molecule has 184 valence electrons. The maximum atomic E-state index is 13.5. The van der Waals surface area contributed by atoms with Crippen LogP contribution in [-0.4, -0.2) is 28.2 Å². The van der Waals surface area contributed by atoms with E-state index in [9.17, 15) is 9.18 Å². The lowest BCUT2D eigenvalue weighted by Crippen LogP contribution is -2.35. The molecule has 6 nitrogen and oxygen atoms in total. The fraction of sp³-hybridized carbons (Fsp3) is 0.214. The third kappa shape index (κ3) is 5.18. The SMILES string of the molecule is Cc1ccc(NC(=S)N(Cc2ccc(F)cc2)Cc2cc3cc4c(cc3[nH]c2=O)OCCO4)c(C)c1. The molecule has 0 fully saturated rings. The van der Waals surface area contributed by atoms with E-state index in [1.54, 1.807) is 18.2 Å². The molecule has 36 heavy (non-hydrogen) atoms. The zero-order chi connectivity index (χ0) is 25.2. The Bertz CT molecular complexity index is 1500. The summed E-state index contributed by atoms with van der Waals surface area (Å²) >= 11 is 5.79. The van der Waals surface area contributed by atoms with Crippen LogP contribution in [0.3, 0.4) is 0 Å². The molecule has 1 aliphatic heterocycles. The summed E-state index contributed by atoms with van der Waals surface area (Å²) in [5.74, 6) is 0.970. The Morgan fingerprint density at radius 2 is 1.72 bits per heavy atom. The van der Waals surface area contributed by atoms with Gasteiger partial charge in [0.1, 0.15) is 19.0 Å².